The lowest BCUT2D eigenvalue weighted by Crippen LogP contribution is -2.32. The summed E-state index contributed by atoms with van der Waals surface area (Å²) in [5, 5.41) is 15.5. The van der Waals surface area contributed by atoms with Gasteiger partial charge in [0.2, 0.25) is 0 Å². The van der Waals surface area contributed by atoms with E-state index in [1.807, 2.05) is 37.3 Å². The molecule has 1 aliphatic heterocycles. The monoisotopic (exact) mass is 354 g/mol. The van der Waals surface area contributed by atoms with Gasteiger partial charge in [0.05, 0.1) is 17.3 Å². The first-order valence-corrected chi connectivity index (χ1v) is 7.88. The molecule has 0 saturated heterocycles. The van der Waals surface area contributed by atoms with Crippen LogP contribution < -0.4 is 21.7 Å². The van der Waals surface area contributed by atoms with Crippen LogP contribution in [-0.4, -0.2) is 22.9 Å². The number of carbonyl (C=O) groups is 2. The number of amides is 3. The predicted octanol–water partition coefficient (Wildman–Crippen LogP) is 2.11. The topological polar surface area (TPSA) is 142 Å². The van der Waals surface area contributed by atoms with Gasteiger partial charge in [0.15, 0.2) is 0 Å². The van der Waals surface area contributed by atoms with Gasteiger partial charge in [-0.2, -0.15) is 0 Å². The number of nitrogens with one attached hydrogen (secondary N) is 4. The smallest absolute Gasteiger partial charge is 0.413 e. The van der Waals surface area contributed by atoms with Crippen LogP contribution in [0.15, 0.2) is 36.4 Å². The average molecular weight is 354 g/mol. The SMILES string of the molecule is CC(NC(=O)Nc1cc(N)c2c(n1)COC(=O)NC2=N)c1ccccc1. The number of amidine groups is 1. The van der Waals surface area contributed by atoms with Gasteiger partial charge in [-0.05, 0) is 12.5 Å². The molecule has 9 heteroatoms. The number of nitrogen functional groups attached to an aromatic ring is 1. The van der Waals surface area contributed by atoms with E-state index >= 15 is 0 Å². The molecule has 26 heavy (non-hydrogen) atoms. The van der Waals surface area contributed by atoms with Gasteiger partial charge in [-0.15, -0.1) is 0 Å². The number of alkyl carbamates (subject to hydrolysis) is 1. The lowest BCUT2D eigenvalue weighted by atomic mass is 10.1. The molecule has 134 valence electrons. The molecule has 0 spiro atoms. The highest BCUT2D eigenvalue weighted by atomic mass is 16.5. The average Bonchev–Trinajstić information content (AvgIpc) is 2.73. The summed E-state index contributed by atoms with van der Waals surface area (Å²) in [6.45, 7) is 1.71. The van der Waals surface area contributed by atoms with Crippen LogP contribution in [0.3, 0.4) is 0 Å². The number of carbonyl (C=O) groups excluding carboxylic acids is 2. The van der Waals surface area contributed by atoms with Crippen LogP contribution in [0.5, 0.6) is 0 Å². The minimum atomic E-state index is -0.753. The van der Waals surface area contributed by atoms with Crippen LogP contribution >= 0.6 is 0 Å². The summed E-state index contributed by atoms with van der Waals surface area (Å²) in [7, 11) is 0. The summed E-state index contributed by atoms with van der Waals surface area (Å²) in [5.41, 5.74) is 7.69. The maximum Gasteiger partial charge on any atom is 0.413 e. The maximum absolute atomic E-state index is 12.2. The molecule has 2 aromatic rings. The van der Waals surface area contributed by atoms with Crippen molar-refractivity contribution >= 4 is 29.5 Å². The number of cyclic esters (lactones) is 1. The number of hydrogen-bond donors (Lipinski definition) is 5. The molecule has 1 atom stereocenters. The third-order valence-corrected chi connectivity index (χ3v) is 3.83. The Morgan fingerprint density at radius 3 is 2.85 bits per heavy atom. The fourth-order valence-electron chi connectivity index (χ4n) is 2.59. The van der Waals surface area contributed by atoms with Gasteiger partial charge >= 0.3 is 12.1 Å². The molecular formula is C17H18N6O3. The molecule has 0 saturated carbocycles. The number of rotatable bonds is 3. The summed E-state index contributed by atoms with van der Waals surface area (Å²) in [4.78, 5) is 27.8. The summed E-state index contributed by atoms with van der Waals surface area (Å²) >= 11 is 0. The van der Waals surface area contributed by atoms with Crippen LogP contribution in [0, 0.1) is 5.41 Å². The fraction of sp³-hybridized carbons (Fsp3) is 0.176. The first-order chi connectivity index (χ1) is 12.4. The van der Waals surface area contributed by atoms with E-state index in [1.54, 1.807) is 0 Å². The molecule has 0 bridgehead atoms. The number of ether oxygens (including phenoxy) is 1. The highest BCUT2D eigenvalue weighted by molar-refractivity contribution is 6.09. The summed E-state index contributed by atoms with van der Waals surface area (Å²) in [5.74, 6) is 0.00552. The summed E-state index contributed by atoms with van der Waals surface area (Å²) in [6.07, 6.45) is -0.753. The van der Waals surface area contributed by atoms with Gasteiger partial charge in [-0.1, -0.05) is 30.3 Å². The zero-order valence-electron chi connectivity index (χ0n) is 14.0. The van der Waals surface area contributed by atoms with E-state index in [1.165, 1.54) is 6.07 Å². The molecule has 1 aromatic heterocycles. The van der Waals surface area contributed by atoms with Crippen molar-refractivity contribution in [2.24, 2.45) is 0 Å². The van der Waals surface area contributed by atoms with Crippen LogP contribution in [0.1, 0.15) is 29.8 Å². The molecule has 1 aromatic carbocycles. The Hall–Kier alpha value is -3.62. The zero-order chi connectivity index (χ0) is 18.7. The number of pyridine rings is 1. The van der Waals surface area contributed by atoms with Gasteiger partial charge < -0.3 is 15.8 Å². The van der Waals surface area contributed by atoms with Gasteiger partial charge in [0.25, 0.3) is 0 Å². The van der Waals surface area contributed by atoms with E-state index in [0.717, 1.165) is 5.56 Å². The van der Waals surface area contributed by atoms with Gasteiger partial charge in [0.1, 0.15) is 18.3 Å². The van der Waals surface area contributed by atoms with Gasteiger partial charge in [-0.25, -0.2) is 14.6 Å². The Kier molecular flexibility index (Phi) is 4.70. The van der Waals surface area contributed by atoms with Crippen molar-refractivity contribution in [3.8, 4) is 0 Å². The highest BCUT2D eigenvalue weighted by Gasteiger charge is 2.23. The van der Waals surface area contributed by atoms with Crippen molar-refractivity contribution in [3.05, 3.63) is 53.2 Å². The van der Waals surface area contributed by atoms with Crippen molar-refractivity contribution in [1.29, 1.82) is 5.41 Å². The number of fused-ring (bicyclic) bond motifs is 1. The molecule has 9 nitrogen and oxygen atoms in total. The number of aromatic nitrogens is 1. The van der Waals surface area contributed by atoms with E-state index in [9.17, 15) is 9.59 Å². The molecule has 1 aliphatic rings. The largest absolute Gasteiger partial charge is 0.443 e. The number of nitrogens with zero attached hydrogens (tertiary/aromatic N) is 1. The molecule has 6 N–H and O–H groups in total. The van der Waals surface area contributed by atoms with Crippen LogP contribution in [0.25, 0.3) is 0 Å². The maximum atomic E-state index is 12.2. The van der Waals surface area contributed by atoms with Crippen molar-refractivity contribution in [1.82, 2.24) is 15.6 Å². The second-order valence-corrected chi connectivity index (χ2v) is 5.73. The van der Waals surface area contributed by atoms with Crippen LogP contribution in [-0.2, 0) is 11.3 Å². The van der Waals surface area contributed by atoms with Crippen molar-refractivity contribution in [2.75, 3.05) is 11.1 Å². The first-order valence-electron chi connectivity index (χ1n) is 7.88. The van der Waals surface area contributed by atoms with Crippen LogP contribution in [0.4, 0.5) is 21.1 Å². The zero-order valence-corrected chi connectivity index (χ0v) is 14.0. The van der Waals surface area contributed by atoms with E-state index in [4.69, 9.17) is 15.9 Å². The minimum absolute atomic E-state index is 0.148. The summed E-state index contributed by atoms with van der Waals surface area (Å²) in [6, 6.07) is 10.3. The number of hydrogen-bond acceptors (Lipinski definition) is 6. The Morgan fingerprint density at radius 2 is 2.12 bits per heavy atom. The lowest BCUT2D eigenvalue weighted by Gasteiger charge is -2.16. The summed E-state index contributed by atoms with van der Waals surface area (Å²) < 4.78 is 4.90. The van der Waals surface area contributed by atoms with E-state index in [2.05, 4.69) is 20.9 Å². The third kappa shape index (κ3) is 3.72. The predicted molar refractivity (Wildman–Crippen MR) is 95.8 cm³/mol. The second kappa shape index (κ2) is 7.09. The van der Waals surface area contributed by atoms with Gasteiger partial charge in [0, 0.05) is 11.8 Å². The molecule has 2 heterocycles. The Morgan fingerprint density at radius 1 is 1.38 bits per heavy atom. The van der Waals surface area contributed by atoms with Crippen molar-refractivity contribution in [3.63, 3.8) is 0 Å². The first kappa shape index (κ1) is 17.2. The highest BCUT2D eigenvalue weighted by Crippen LogP contribution is 2.22. The van der Waals surface area contributed by atoms with Crippen molar-refractivity contribution < 1.29 is 14.3 Å². The molecular weight excluding hydrogens is 336 g/mol. The molecule has 3 rings (SSSR count). The minimum Gasteiger partial charge on any atom is -0.443 e. The van der Waals surface area contributed by atoms with E-state index < -0.39 is 12.1 Å². The molecule has 0 fully saturated rings. The third-order valence-electron chi connectivity index (χ3n) is 3.83. The number of benzene rings is 1. The van der Waals surface area contributed by atoms with E-state index in [0.29, 0.717) is 5.69 Å². The molecule has 3 amide bonds. The standard InChI is InChI=1S/C17H18N6O3/c1-9(10-5-3-2-4-6-10)20-16(24)22-13-7-11(18)14-12(21-13)8-26-17(25)23-15(14)19/h2-7,9H,8H2,1H3,(H2,19,23,25)(H4,18,20,21,22,24). The van der Waals surface area contributed by atoms with Crippen molar-refractivity contribution in [2.45, 2.75) is 19.6 Å². The Balaban J connectivity index is 1.74. The van der Waals surface area contributed by atoms with Gasteiger partial charge in [-0.3, -0.25) is 16.0 Å². The number of urea groups is 1. The molecule has 0 radical (unpaired) electrons. The normalized spacial score (nSPS) is 14.3. The Bertz CT molecular complexity index is 868. The lowest BCUT2D eigenvalue weighted by molar-refractivity contribution is 0.145. The molecule has 0 aliphatic carbocycles. The number of nitrogens with two attached hydrogens (primary N) is 1. The quantitative estimate of drug-likeness (QED) is 0.574. The fourth-order valence-corrected chi connectivity index (χ4v) is 2.59. The number of anilines is 2. The molecule has 1 unspecified atom stereocenters. The van der Waals surface area contributed by atoms with Crippen LogP contribution in [0.2, 0.25) is 0 Å². The second-order valence-electron chi connectivity index (χ2n) is 5.73. The van der Waals surface area contributed by atoms with E-state index in [-0.39, 0.29) is 35.6 Å². The Labute approximate surface area is 149 Å².